The minimum absolute atomic E-state index is 0.190. The molecule has 0 aromatic rings. The summed E-state index contributed by atoms with van der Waals surface area (Å²) in [6.45, 7) is 7.06. The van der Waals surface area contributed by atoms with E-state index < -0.39 is 0 Å². The molecule has 1 saturated heterocycles. The van der Waals surface area contributed by atoms with Crippen LogP contribution in [-0.2, 0) is 4.74 Å². The highest BCUT2D eigenvalue weighted by molar-refractivity contribution is 4.96. The maximum absolute atomic E-state index is 9.71. The maximum Gasteiger partial charge on any atom is 0.0991 e. The van der Waals surface area contributed by atoms with E-state index in [1.54, 1.807) is 0 Å². The summed E-state index contributed by atoms with van der Waals surface area (Å²) >= 11 is 0. The third-order valence-corrected chi connectivity index (χ3v) is 2.48. The van der Waals surface area contributed by atoms with Crippen LogP contribution in [0.4, 0.5) is 0 Å². The number of epoxide rings is 1. The third-order valence-electron chi connectivity index (χ3n) is 2.48. The largest absolute Gasteiger partial charge is 0.393 e. The minimum Gasteiger partial charge on any atom is -0.393 e. The van der Waals surface area contributed by atoms with Crippen molar-refractivity contribution in [3.8, 4) is 0 Å². The van der Waals surface area contributed by atoms with Crippen molar-refractivity contribution in [3.63, 3.8) is 0 Å². The summed E-state index contributed by atoms with van der Waals surface area (Å²) in [5.41, 5.74) is 0. The molecule has 3 atom stereocenters. The highest BCUT2D eigenvalue weighted by atomic mass is 16.6. The van der Waals surface area contributed by atoms with E-state index in [0.717, 1.165) is 13.0 Å². The van der Waals surface area contributed by atoms with E-state index in [0.29, 0.717) is 17.9 Å². The molecule has 1 aliphatic heterocycles. The van der Waals surface area contributed by atoms with Crippen LogP contribution in [0.3, 0.4) is 0 Å². The molecule has 0 aliphatic carbocycles. The molecular weight excluding hydrogens is 164 g/mol. The molecule has 76 valence electrons. The summed E-state index contributed by atoms with van der Waals surface area (Å²) in [7, 11) is 0. The van der Waals surface area contributed by atoms with E-state index in [1.165, 1.54) is 0 Å². The summed E-state index contributed by atoms with van der Waals surface area (Å²) in [6.07, 6.45) is 5.32. The predicted octanol–water partition coefficient (Wildman–Crippen LogP) is 1.98. The van der Waals surface area contributed by atoms with Gasteiger partial charge in [0.1, 0.15) is 0 Å². The number of aliphatic hydroxyl groups is 1. The van der Waals surface area contributed by atoms with Crippen LogP contribution in [0.25, 0.3) is 0 Å². The van der Waals surface area contributed by atoms with E-state index in [2.05, 4.69) is 32.9 Å². The molecule has 2 nitrogen and oxygen atoms in total. The first-order valence-electron chi connectivity index (χ1n) is 5.07. The van der Waals surface area contributed by atoms with Gasteiger partial charge in [0, 0.05) is 0 Å². The molecule has 2 heteroatoms. The second-order valence-electron chi connectivity index (χ2n) is 4.25. The lowest BCUT2D eigenvalue weighted by Gasteiger charge is -2.20. The van der Waals surface area contributed by atoms with Crippen molar-refractivity contribution < 1.29 is 9.84 Å². The van der Waals surface area contributed by atoms with Crippen LogP contribution in [0.5, 0.6) is 0 Å². The molecule has 13 heavy (non-hydrogen) atoms. The predicted molar refractivity (Wildman–Crippen MR) is 53.5 cm³/mol. The average Bonchev–Trinajstić information content (AvgIpc) is 2.86. The van der Waals surface area contributed by atoms with Gasteiger partial charge in [-0.3, -0.25) is 0 Å². The molecule has 0 amide bonds. The van der Waals surface area contributed by atoms with Crippen molar-refractivity contribution in [3.05, 3.63) is 12.2 Å². The zero-order valence-electron chi connectivity index (χ0n) is 8.73. The van der Waals surface area contributed by atoms with Crippen molar-refractivity contribution in [1.82, 2.24) is 0 Å². The summed E-state index contributed by atoms with van der Waals surface area (Å²) in [5.74, 6) is 0.690. The maximum atomic E-state index is 9.71. The zero-order valence-corrected chi connectivity index (χ0v) is 8.73. The highest BCUT2D eigenvalue weighted by Gasteiger charge is 2.19. The van der Waals surface area contributed by atoms with Crippen LogP contribution in [0.1, 0.15) is 27.2 Å². The molecule has 0 radical (unpaired) electrons. The standard InChI is InChI=1S/C11H20O2/c1-8(2)11(12)9(3)5-4-6-10-7-13-10/h4,6,8-12H,5,7H2,1-3H3/b6-4+/t9-,10?,11+/m1/s1. The number of hydrogen-bond donors (Lipinski definition) is 1. The van der Waals surface area contributed by atoms with E-state index >= 15 is 0 Å². The summed E-state index contributed by atoms with van der Waals surface area (Å²) < 4.78 is 5.05. The number of aliphatic hydroxyl groups excluding tert-OH is 1. The van der Waals surface area contributed by atoms with Gasteiger partial charge >= 0.3 is 0 Å². The van der Waals surface area contributed by atoms with Crippen LogP contribution in [0.2, 0.25) is 0 Å². The second kappa shape index (κ2) is 4.77. The lowest BCUT2D eigenvalue weighted by atomic mass is 9.92. The van der Waals surface area contributed by atoms with Crippen LogP contribution in [0, 0.1) is 11.8 Å². The first kappa shape index (κ1) is 10.7. The Bertz CT molecular complexity index is 171. The van der Waals surface area contributed by atoms with E-state index in [4.69, 9.17) is 4.74 Å². The highest BCUT2D eigenvalue weighted by Crippen LogP contribution is 2.17. The molecule has 1 rings (SSSR count). The molecular formula is C11H20O2. The van der Waals surface area contributed by atoms with Gasteiger partial charge in [-0.15, -0.1) is 0 Å². The first-order valence-corrected chi connectivity index (χ1v) is 5.07. The molecule has 1 heterocycles. The first-order chi connectivity index (χ1) is 6.11. The van der Waals surface area contributed by atoms with Crippen molar-refractivity contribution >= 4 is 0 Å². The summed E-state index contributed by atoms with van der Waals surface area (Å²) in [5, 5.41) is 9.71. The smallest absolute Gasteiger partial charge is 0.0991 e. The number of allylic oxidation sites excluding steroid dienone is 1. The quantitative estimate of drug-likeness (QED) is 0.523. The topological polar surface area (TPSA) is 32.8 Å². The van der Waals surface area contributed by atoms with E-state index in [9.17, 15) is 5.11 Å². The lowest BCUT2D eigenvalue weighted by Crippen LogP contribution is -2.23. The SMILES string of the molecule is CC(C)[C@H](O)[C@H](C)C/C=C/C1CO1. The third kappa shape index (κ3) is 3.92. The Morgan fingerprint density at radius 1 is 1.46 bits per heavy atom. The van der Waals surface area contributed by atoms with Crippen molar-refractivity contribution in [1.29, 1.82) is 0 Å². The van der Waals surface area contributed by atoms with Crippen molar-refractivity contribution in [2.75, 3.05) is 6.61 Å². The Morgan fingerprint density at radius 2 is 2.08 bits per heavy atom. The van der Waals surface area contributed by atoms with Gasteiger partial charge in [0.15, 0.2) is 0 Å². The Balaban J connectivity index is 2.18. The van der Waals surface area contributed by atoms with Crippen LogP contribution in [0.15, 0.2) is 12.2 Å². The van der Waals surface area contributed by atoms with Gasteiger partial charge in [0.2, 0.25) is 0 Å². The fourth-order valence-corrected chi connectivity index (χ4v) is 1.41. The molecule has 0 aromatic heterocycles. The van der Waals surface area contributed by atoms with Gasteiger partial charge in [0.25, 0.3) is 0 Å². The van der Waals surface area contributed by atoms with Crippen LogP contribution in [-0.4, -0.2) is 23.9 Å². The van der Waals surface area contributed by atoms with Gasteiger partial charge in [-0.25, -0.2) is 0 Å². The molecule has 1 N–H and O–H groups in total. The molecule has 1 aliphatic rings. The normalized spacial score (nSPS) is 26.7. The van der Waals surface area contributed by atoms with Gasteiger partial charge in [-0.05, 0) is 18.3 Å². The zero-order chi connectivity index (χ0) is 9.84. The summed E-state index contributed by atoms with van der Waals surface area (Å²) in [6, 6.07) is 0. The van der Waals surface area contributed by atoms with E-state index in [-0.39, 0.29) is 6.10 Å². The molecule has 1 fully saturated rings. The molecule has 0 aromatic carbocycles. The number of rotatable bonds is 5. The van der Waals surface area contributed by atoms with Gasteiger partial charge in [-0.2, -0.15) is 0 Å². The Kier molecular flexibility index (Phi) is 3.94. The fraction of sp³-hybridized carbons (Fsp3) is 0.818. The molecule has 1 unspecified atom stereocenters. The number of ether oxygens (including phenoxy) is 1. The second-order valence-corrected chi connectivity index (χ2v) is 4.25. The van der Waals surface area contributed by atoms with E-state index in [1.807, 2.05) is 0 Å². The lowest BCUT2D eigenvalue weighted by molar-refractivity contribution is 0.0735. The van der Waals surface area contributed by atoms with Crippen LogP contribution >= 0.6 is 0 Å². The van der Waals surface area contributed by atoms with Crippen molar-refractivity contribution in [2.24, 2.45) is 11.8 Å². The van der Waals surface area contributed by atoms with Crippen LogP contribution < -0.4 is 0 Å². The fourth-order valence-electron chi connectivity index (χ4n) is 1.41. The van der Waals surface area contributed by atoms with Gasteiger partial charge < -0.3 is 9.84 Å². The Morgan fingerprint density at radius 3 is 2.54 bits per heavy atom. The summed E-state index contributed by atoms with van der Waals surface area (Å²) in [4.78, 5) is 0. The Hall–Kier alpha value is -0.340. The van der Waals surface area contributed by atoms with Gasteiger partial charge in [-0.1, -0.05) is 32.9 Å². The average molecular weight is 184 g/mol. The monoisotopic (exact) mass is 184 g/mol. The molecule has 0 bridgehead atoms. The molecule has 0 spiro atoms. The minimum atomic E-state index is -0.190. The molecule has 0 saturated carbocycles. The van der Waals surface area contributed by atoms with Crippen molar-refractivity contribution in [2.45, 2.75) is 39.4 Å². The number of hydrogen-bond acceptors (Lipinski definition) is 2. The van der Waals surface area contributed by atoms with Gasteiger partial charge in [0.05, 0.1) is 18.8 Å². The Labute approximate surface area is 80.6 Å².